The summed E-state index contributed by atoms with van der Waals surface area (Å²) in [4.78, 5) is 4.82. The van der Waals surface area contributed by atoms with Crippen molar-refractivity contribution in [1.82, 2.24) is 14.8 Å². The second kappa shape index (κ2) is 6.42. The molecular formula is C18H15ClN4S. The van der Waals surface area contributed by atoms with Crippen LogP contribution >= 0.6 is 23.4 Å². The molecule has 0 saturated heterocycles. The molecule has 0 aliphatic carbocycles. The third-order valence-corrected chi connectivity index (χ3v) is 4.90. The Morgan fingerprint density at radius 2 is 1.96 bits per heavy atom. The van der Waals surface area contributed by atoms with Crippen LogP contribution in [0, 0.1) is 0 Å². The Morgan fingerprint density at radius 3 is 2.75 bits per heavy atom. The summed E-state index contributed by atoms with van der Waals surface area (Å²) in [5.74, 6) is 1.79. The van der Waals surface area contributed by atoms with E-state index in [1.807, 2.05) is 36.4 Å². The third-order valence-electron chi connectivity index (χ3n) is 3.85. The average molecular weight is 355 g/mol. The highest BCUT2D eigenvalue weighted by atomic mass is 35.5. The second-order valence-electron chi connectivity index (χ2n) is 5.36. The summed E-state index contributed by atoms with van der Waals surface area (Å²) < 4.78 is 2.10. The van der Waals surface area contributed by atoms with Crippen LogP contribution in [0.4, 0.5) is 0 Å². The Hall–Kier alpha value is -2.11. The van der Waals surface area contributed by atoms with Crippen LogP contribution in [0.1, 0.15) is 23.9 Å². The number of fused-ring (bicyclic) bond motifs is 3. The van der Waals surface area contributed by atoms with Crippen molar-refractivity contribution in [3.8, 4) is 5.69 Å². The molecule has 2 heterocycles. The van der Waals surface area contributed by atoms with Gasteiger partial charge in [-0.25, -0.2) is 0 Å². The first-order chi connectivity index (χ1) is 11.8. The minimum atomic E-state index is 0.494. The zero-order valence-corrected chi connectivity index (χ0v) is 14.7. The van der Waals surface area contributed by atoms with E-state index in [9.17, 15) is 0 Å². The average Bonchev–Trinajstić information content (AvgIpc) is 2.92. The molecule has 2 aromatic carbocycles. The molecule has 6 heteroatoms. The number of aliphatic imine (C=N–C) groups is 1. The highest BCUT2D eigenvalue weighted by Crippen LogP contribution is 2.30. The summed E-state index contributed by atoms with van der Waals surface area (Å²) >= 11 is 7.96. The van der Waals surface area contributed by atoms with Gasteiger partial charge in [0.25, 0.3) is 0 Å². The lowest BCUT2D eigenvalue weighted by Gasteiger charge is -2.13. The number of hydrogen-bond acceptors (Lipinski definition) is 4. The van der Waals surface area contributed by atoms with Gasteiger partial charge < -0.3 is 0 Å². The van der Waals surface area contributed by atoms with Gasteiger partial charge in [-0.15, -0.1) is 10.2 Å². The molecule has 0 bridgehead atoms. The molecule has 0 saturated carbocycles. The van der Waals surface area contributed by atoms with Crippen LogP contribution in [-0.2, 0) is 6.54 Å². The van der Waals surface area contributed by atoms with E-state index >= 15 is 0 Å². The maximum atomic E-state index is 6.28. The highest BCUT2D eigenvalue weighted by Gasteiger charge is 2.23. The Bertz CT molecular complexity index is 918. The fraction of sp³-hybridized carbons (Fsp3) is 0.167. The van der Waals surface area contributed by atoms with Gasteiger partial charge in [0.15, 0.2) is 11.0 Å². The molecule has 3 aromatic rings. The topological polar surface area (TPSA) is 43.1 Å². The van der Waals surface area contributed by atoms with Crippen LogP contribution in [0.3, 0.4) is 0 Å². The molecule has 0 fully saturated rings. The van der Waals surface area contributed by atoms with Crippen molar-refractivity contribution in [1.29, 1.82) is 0 Å². The zero-order valence-electron chi connectivity index (χ0n) is 13.1. The Kier molecular flexibility index (Phi) is 4.12. The molecule has 1 aliphatic heterocycles. The van der Waals surface area contributed by atoms with E-state index in [0.717, 1.165) is 39.3 Å². The maximum absolute atomic E-state index is 6.28. The summed E-state index contributed by atoms with van der Waals surface area (Å²) in [6, 6.07) is 16.1. The van der Waals surface area contributed by atoms with E-state index in [0.29, 0.717) is 11.6 Å². The monoisotopic (exact) mass is 354 g/mol. The van der Waals surface area contributed by atoms with E-state index in [1.54, 1.807) is 11.8 Å². The highest BCUT2D eigenvalue weighted by molar-refractivity contribution is 7.99. The quantitative estimate of drug-likeness (QED) is 0.655. The minimum Gasteiger partial charge on any atom is -0.276 e. The molecule has 4 nitrogen and oxygen atoms in total. The predicted octanol–water partition coefficient (Wildman–Crippen LogP) is 4.38. The van der Waals surface area contributed by atoms with Gasteiger partial charge in [0.1, 0.15) is 6.54 Å². The molecule has 0 unspecified atom stereocenters. The summed E-state index contributed by atoms with van der Waals surface area (Å²) in [6.45, 7) is 2.60. The van der Waals surface area contributed by atoms with Gasteiger partial charge in [0.05, 0.1) is 11.4 Å². The van der Waals surface area contributed by atoms with Crippen molar-refractivity contribution in [3.63, 3.8) is 0 Å². The normalized spacial score (nSPS) is 13.0. The van der Waals surface area contributed by atoms with Crippen molar-refractivity contribution in [2.45, 2.75) is 18.6 Å². The standard InChI is InChI=1S/C18H15ClN4S/c1-2-24-18-22-21-16-11-20-17(12-6-4-3-5-7-12)14-10-13(19)8-9-15(14)23(16)18/h3-10H,2,11H2,1H3. The van der Waals surface area contributed by atoms with E-state index in [1.165, 1.54) is 0 Å². The number of halogens is 1. The molecular weight excluding hydrogens is 340 g/mol. The zero-order chi connectivity index (χ0) is 16.5. The van der Waals surface area contributed by atoms with Gasteiger partial charge in [0, 0.05) is 16.1 Å². The van der Waals surface area contributed by atoms with Gasteiger partial charge in [0.2, 0.25) is 0 Å². The first-order valence-electron chi connectivity index (χ1n) is 7.75. The van der Waals surface area contributed by atoms with Gasteiger partial charge in [-0.05, 0) is 24.0 Å². The Balaban J connectivity index is 1.96. The van der Waals surface area contributed by atoms with E-state index < -0.39 is 0 Å². The first-order valence-corrected chi connectivity index (χ1v) is 9.11. The first kappa shape index (κ1) is 15.4. The van der Waals surface area contributed by atoms with Crippen LogP contribution in [0.5, 0.6) is 0 Å². The van der Waals surface area contributed by atoms with Gasteiger partial charge >= 0.3 is 0 Å². The summed E-state index contributed by atoms with van der Waals surface area (Å²) in [7, 11) is 0. The molecule has 120 valence electrons. The van der Waals surface area contributed by atoms with E-state index in [-0.39, 0.29) is 0 Å². The maximum Gasteiger partial charge on any atom is 0.195 e. The van der Waals surface area contributed by atoms with E-state index in [2.05, 4.69) is 33.8 Å². The van der Waals surface area contributed by atoms with Crippen molar-refractivity contribution in [2.75, 3.05) is 5.75 Å². The van der Waals surface area contributed by atoms with Gasteiger partial charge in [-0.2, -0.15) is 0 Å². The Labute approximate surface area is 149 Å². The van der Waals surface area contributed by atoms with E-state index in [4.69, 9.17) is 16.6 Å². The van der Waals surface area contributed by atoms with Crippen LogP contribution in [0.25, 0.3) is 5.69 Å². The second-order valence-corrected chi connectivity index (χ2v) is 7.03. The number of aromatic nitrogens is 3. The molecule has 0 amide bonds. The molecule has 0 atom stereocenters. The summed E-state index contributed by atoms with van der Waals surface area (Å²) in [5, 5.41) is 10.2. The lowest BCUT2D eigenvalue weighted by atomic mass is 10.0. The molecule has 0 spiro atoms. The van der Waals surface area contributed by atoms with Crippen LogP contribution in [0.15, 0.2) is 58.7 Å². The fourth-order valence-electron chi connectivity index (χ4n) is 2.84. The molecule has 4 rings (SSSR count). The van der Waals surface area contributed by atoms with Crippen molar-refractivity contribution in [2.24, 2.45) is 4.99 Å². The number of nitrogens with zero attached hydrogens (tertiary/aromatic N) is 4. The summed E-state index contributed by atoms with van der Waals surface area (Å²) in [6.07, 6.45) is 0. The SMILES string of the molecule is CCSc1nnc2n1-c1ccc(Cl)cc1C(c1ccccc1)=NC2. The van der Waals surface area contributed by atoms with Crippen LogP contribution in [0.2, 0.25) is 5.02 Å². The molecule has 24 heavy (non-hydrogen) atoms. The Morgan fingerprint density at radius 1 is 1.12 bits per heavy atom. The smallest absolute Gasteiger partial charge is 0.195 e. The van der Waals surface area contributed by atoms with Crippen molar-refractivity contribution in [3.05, 3.63) is 70.5 Å². The van der Waals surface area contributed by atoms with Gasteiger partial charge in [-0.3, -0.25) is 9.56 Å². The number of benzene rings is 2. The largest absolute Gasteiger partial charge is 0.276 e. The minimum absolute atomic E-state index is 0.494. The lowest BCUT2D eigenvalue weighted by molar-refractivity contribution is 0.833. The predicted molar refractivity (Wildman–Crippen MR) is 98.6 cm³/mol. The van der Waals surface area contributed by atoms with Crippen LogP contribution < -0.4 is 0 Å². The summed E-state index contributed by atoms with van der Waals surface area (Å²) in [5.41, 5.74) is 4.04. The number of hydrogen-bond donors (Lipinski definition) is 0. The molecule has 1 aliphatic rings. The third kappa shape index (κ3) is 2.64. The van der Waals surface area contributed by atoms with Crippen LogP contribution in [-0.4, -0.2) is 26.2 Å². The lowest BCUT2D eigenvalue weighted by Crippen LogP contribution is -2.08. The fourth-order valence-corrected chi connectivity index (χ4v) is 3.70. The number of thioether (sulfide) groups is 1. The molecule has 0 N–H and O–H groups in total. The number of rotatable bonds is 3. The molecule has 0 radical (unpaired) electrons. The van der Waals surface area contributed by atoms with Gasteiger partial charge in [-0.1, -0.05) is 60.6 Å². The van der Waals surface area contributed by atoms with Crippen molar-refractivity contribution < 1.29 is 0 Å². The molecule has 1 aromatic heterocycles. The van der Waals surface area contributed by atoms with Crippen molar-refractivity contribution >= 4 is 29.1 Å².